The van der Waals surface area contributed by atoms with Crippen molar-refractivity contribution in [3.8, 4) is 0 Å². The summed E-state index contributed by atoms with van der Waals surface area (Å²) in [6.45, 7) is 3.35. The van der Waals surface area contributed by atoms with Gasteiger partial charge in [-0.05, 0) is 0 Å². The largest absolute Gasteiger partial charge is 0.474 e. The third kappa shape index (κ3) is 4.82. The fourth-order valence-electron chi connectivity index (χ4n) is 3.48. The lowest BCUT2D eigenvalue weighted by Crippen LogP contribution is -2.51. The molecule has 164 valence electrons. The normalized spacial score (nSPS) is 24.0. The maximum Gasteiger partial charge on any atom is 0.434 e. The number of anilines is 1. The van der Waals surface area contributed by atoms with Gasteiger partial charge in [0.05, 0.1) is 32.1 Å². The van der Waals surface area contributed by atoms with Crippen LogP contribution in [0.15, 0.2) is 17.3 Å². The molecule has 30 heavy (non-hydrogen) atoms. The molecule has 0 aliphatic carbocycles. The van der Waals surface area contributed by atoms with Gasteiger partial charge < -0.3 is 25.3 Å². The van der Waals surface area contributed by atoms with Crippen LogP contribution in [0.1, 0.15) is 24.1 Å². The van der Waals surface area contributed by atoms with Gasteiger partial charge in [0.1, 0.15) is 6.10 Å². The van der Waals surface area contributed by atoms with Crippen molar-refractivity contribution in [1.29, 1.82) is 0 Å². The Morgan fingerprint density at radius 3 is 2.53 bits per heavy atom. The van der Waals surface area contributed by atoms with Gasteiger partial charge in [-0.3, -0.25) is 4.90 Å². The molecule has 1 atom stereocenters. The van der Waals surface area contributed by atoms with Gasteiger partial charge in [-0.15, -0.1) is 0 Å². The Morgan fingerprint density at radius 1 is 1.13 bits per heavy atom. The Morgan fingerprint density at radius 2 is 1.83 bits per heavy atom. The summed E-state index contributed by atoms with van der Waals surface area (Å²) in [5, 5.41) is 3.06. The highest BCUT2D eigenvalue weighted by Gasteiger charge is 2.38. The molecular formula is C18H23F3N6O3. The summed E-state index contributed by atoms with van der Waals surface area (Å²) in [4.78, 5) is 13.7. The average molecular weight is 428 g/mol. The Bertz CT molecular complexity index is 820. The zero-order chi connectivity index (χ0) is 21.1. The molecule has 1 aromatic heterocycles. The Labute approximate surface area is 171 Å². The van der Waals surface area contributed by atoms with Crippen molar-refractivity contribution in [2.24, 2.45) is 4.99 Å². The predicted octanol–water partition coefficient (Wildman–Crippen LogP) is 1.23. The van der Waals surface area contributed by atoms with E-state index >= 15 is 0 Å². The van der Waals surface area contributed by atoms with Crippen LogP contribution in [0.4, 0.5) is 19.1 Å². The van der Waals surface area contributed by atoms with Gasteiger partial charge in [0, 0.05) is 43.8 Å². The lowest BCUT2D eigenvalue weighted by atomic mass is 10.1. The number of halogens is 3. The van der Waals surface area contributed by atoms with Gasteiger partial charge in [0.2, 0.25) is 11.8 Å². The number of rotatable bonds is 3. The van der Waals surface area contributed by atoms with Crippen LogP contribution in [-0.4, -0.2) is 72.7 Å². The van der Waals surface area contributed by atoms with Crippen LogP contribution in [0, 0.1) is 0 Å². The molecular weight excluding hydrogens is 405 g/mol. The first-order valence-corrected chi connectivity index (χ1v) is 9.72. The molecule has 2 saturated heterocycles. The van der Waals surface area contributed by atoms with E-state index in [0.717, 1.165) is 6.20 Å². The molecule has 1 unspecified atom stereocenters. The lowest BCUT2D eigenvalue weighted by Gasteiger charge is -2.36. The number of nitrogens with zero attached hydrogens (tertiary/aromatic N) is 4. The van der Waals surface area contributed by atoms with E-state index in [9.17, 15) is 13.2 Å². The standard InChI is InChI=1S/C18H23F3N6O3/c19-18(20,21)15-12(10-23-16(22)26-15)13-9-14(30-11-1-5-28-6-2-11)25-17(24-13)27-3-7-29-8-4-27/h9-11,17,24H,1-8H2,(H2,22,23,26). The van der Waals surface area contributed by atoms with E-state index in [1.807, 2.05) is 4.90 Å². The number of hydrogen-bond acceptors (Lipinski definition) is 9. The molecule has 9 nitrogen and oxygen atoms in total. The summed E-state index contributed by atoms with van der Waals surface area (Å²) in [6, 6.07) is 0. The Kier molecular flexibility index (Phi) is 6.06. The molecule has 0 spiro atoms. The Hall–Kier alpha value is -2.44. The van der Waals surface area contributed by atoms with Crippen molar-refractivity contribution in [3.63, 3.8) is 0 Å². The third-order valence-corrected chi connectivity index (χ3v) is 5.02. The van der Waals surface area contributed by atoms with Crippen LogP contribution in [0.3, 0.4) is 0 Å². The van der Waals surface area contributed by atoms with E-state index in [-0.39, 0.29) is 23.3 Å². The number of nitrogens with one attached hydrogen (secondary N) is 1. The third-order valence-electron chi connectivity index (χ3n) is 5.02. The lowest BCUT2D eigenvalue weighted by molar-refractivity contribution is -0.141. The molecule has 3 aliphatic rings. The quantitative estimate of drug-likeness (QED) is 0.741. The number of aliphatic imine (C=N–C) groups is 1. The molecule has 12 heteroatoms. The van der Waals surface area contributed by atoms with Crippen LogP contribution >= 0.6 is 0 Å². The van der Waals surface area contributed by atoms with E-state index in [2.05, 4.69) is 20.3 Å². The van der Waals surface area contributed by atoms with Crippen LogP contribution in [-0.2, 0) is 20.4 Å². The van der Waals surface area contributed by atoms with Crippen molar-refractivity contribution < 1.29 is 27.4 Å². The monoisotopic (exact) mass is 428 g/mol. The summed E-state index contributed by atoms with van der Waals surface area (Å²) in [5.74, 6) is -0.184. The van der Waals surface area contributed by atoms with Crippen molar-refractivity contribution in [3.05, 3.63) is 23.5 Å². The van der Waals surface area contributed by atoms with Gasteiger partial charge >= 0.3 is 6.18 Å². The number of alkyl halides is 3. The van der Waals surface area contributed by atoms with Crippen molar-refractivity contribution in [2.75, 3.05) is 45.3 Å². The van der Waals surface area contributed by atoms with Crippen LogP contribution in [0.2, 0.25) is 0 Å². The first-order valence-electron chi connectivity index (χ1n) is 9.72. The van der Waals surface area contributed by atoms with E-state index in [1.165, 1.54) is 6.08 Å². The molecule has 4 heterocycles. The van der Waals surface area contributed by atoms with Crippen LogP contribution in [0.25, 0.3) is 5.70 Å². The SMILES string of the molecule is Nc1ncc(C2=CC(OC3CCOCC3)=NC(N3CCOCC3)N2)c(C(F)(F)F)n1. The Balaban J connectivity index is 1.66. The maximum absolute atomic E-state index is 13.6. The molecule has 0 aromatic carbocycles. The number of hydrogen-bond donors (Lipinski definition) is 2. The zero-order valence-electron chi connectivity index (χ0n) is 16.2. The molecule has 3 aliphatic heterocycles. The molecule has 0 radical (unpaired) electrons. The van der Waals surface area contributed by atoms with Gasteiger partial charge in [-0.2, -0.15) is 13.2 Å². The van der Waals surface area contributed by atoms with Gasteiger partial charge in [-0.25, -0.2) is 15.0 Å². The number of aromatic nitrogens is 2. The minimum atomic E-state index is -4.69. The number of nitrogen functional groups attached to an aromatic ring is 1. The van der Waals surface area contributed by atoms with Crippen molar-refractivity contribution in [2.45, 2.75) is 31.4 Å². The van der Waals surface area contributed by atoms with Crippen LogP contribution < -0.4 is 11.1 Å². The van der Waals surface area contributed by atoms with E-state index in [1.54, 1.807) is 0 Å². The highest BCUT2D eigenvalue weighted by Crippen LogP contribution is 2.34. The predicted molar refractivity (Wildman–Crippen MR) is 101 cm³/mol. The summed E-state index contributed by atoms with van der Waals surface area (Å²) in [6.07, 6.45) is -1.49. The first kappa shape index (κ1) is 20.8. The zero-order valence-corrected chi connectivity index (χ0v) is 16.2. The highest BCUT2D eigenvalue weighted by molar-refractivity contribution is 5.96. The minimum absolute atomic E-state index is 0.108. The minimum Gasteiger partial charge on any atom is -0.474 e. The second-order valence-corrected chi connectivity index (χ2v) is 7.11. The first-order chi connectivity index (χ1) is 14.4. The number of ether oxygens (including phenoxy) is 3. The maximum atomic E-state index is 13.6. The van der Waals surface area contributed by atoms with E-state index in [0.29, 0.717) is 52.4 Å². The molecule has 0 bridgehead atoms. The molecule has 1 aromatic rings. The molecule has 0 amide bonds. The van der Waals surface area contributed by atoms with Gasteiger partial charge in [0.25, 0.3) is 0 Å². The summed E-state index contributed by atoms with van der Waals surface area (Å²) in [7, 11) is 0. The second-order valence-electron chi connectivity index (χ2n) is 7.11. The topological polar surface area (TPSA) is 107 Å². The van der Waals surface area contributed by atoms with Crippen LogP contribution in [0.5, 0.6) is 0 Å². The smallest absolute Gasteiger partial charge is 0.434 e. The fourth-order valence-corrected chi connectivity index (χ4v) is 3.48. The van der Waals surface area contributed by atoms with Gasteiger partial charge in [0.15, 0.2) is 12.0 Å². The second kappa shape index (κ2) is 8.74. The van der Waals surface area contributed by atoms with Crippen molar-refractivity contribution in [1.82, 2.24) is 20.2 Å². The van der Waals surface area contributed by atoms with Gasteiger partial charge in [-0.1, -0.05) is 0 Å². The molecule has 2 fully saturated rings. The summed E-state index contributed by atoms with van der Waals surface area (Å²) >= 11 is 0. The van der Waals surface area contributed by atoms with Crippen molar-refractivity contribution >= 4 is 17.5 Å². The number of nitrogens with two attached hydrogens (primary N) is 1. The van der Waals surface area contributed by atoms with E-state index in [4.69, 9.17) is 19.9 Å². The van der Waals surface area contributed by atoms with E-state index < -0.39 is 24.1 Å². The molecule has 3 N–H and O–H groups in total. The summed E-state index contributed by atoms with van der Waals surface area (Å²) in [5.41, 5.74) is 4.26. The highest BCUT2D eigenvalue weighted by atomic mass is 19.4. The fraction of sp³-hybridized carbons (Fsp3) is 0.611. The number of morpholine rings is 1. The molecule has 4 rings (SSSR count). The molecule has 0 saturated carbocycles. The average Bonchev–Trinajstić information content (AvgIpc) is 2.74. The summed E-state index contributed by atoms with van der Waals surface area (Å²) < 4.78 is 57.5.